The van der Waals surface area contributed by atoms with Crippen LogP contribution in [0.4, 0.5) is 10.2 Å². The van der Waals surface area contributed by atoms with Gasteiger partial charge >= 0.3 is 7.12 Å². The predicted molar refractivity (Wildman–Crippen MR) is 86.0 cm³/mol. The Kier molecular flexibility index (Phi) is 4.16. The average Bonchev–Trinajstić information content (AvgIpc) is 2.98. The molecule has 0 aliphatic heterocycles. The fourth-order valence-corrected chi connectivity index (χ4v) is 2.41. The quantitative estimate of drug-likeness (QED) is 0.606. The number of fused-ring (bicyclic) bond motifs is 1. The first-order valence-electron chi connectivity index (χ1n) is 7.15. The van der Waals surface area contributed by atoms with E-state index in [1.807, 2.05) is 13.0 Å². The van der Waals surface area contributed by atoms with Gasteiger partial charge in [-0.25, -0.2) is 9.37 Å². The summed E-state index contributed by atoms with van der Waals surface area (Å²) in [6.07, 6.45) is 2.52. The van der Waals surface area contributed by atoms with Crippen molar-refractivity contribution in [2.75, 3.05) is 5.32 Å². The number of nitriles is 1. The monoisotopic (exact) mass is 325 g/mol. The lowest BCUT2D eigenvalue weighted by Crippen LogP contribution is -2.31. The topological polar surface area (TPSA) is 106 Å². The Hall–Kier alpha value is -2.96. The van der Waals surface area contributed by atoms with Crippen molar-refractivity contribution in [1.82, 2.24) is 14.4 Å². The summed E-state index contributed by atoms with van der Waals surface area (Å²) in [6.45, 7) is 1.82. The van der Waals surface area contributed by atoms with Gasteiger partial charge in [-0.2, -0.15) is 5.26 Å². The number of imidazole rings is 1. The molecule has 0 fully saturated rings. The molecule has 3 aromatic rings. The van der Waals surface area contributed by atoms with Crippen molar-refractivity contribution in [2.45, 2.75) is 13.0 Å². The molecule has 0 saturated heterocycles. The number of nitrogens with one attached hydrogen (secondary N) is 1. The molecule has 1 atom stereocenters. The van der Waals surface area contributed by atoms with Crippen molar-refractivity contribution < 1.29 is 14.4 Å². The molecule has 24 heavy (non-hydrogen) atoms. The molecule has 3 aromatic heterocycles. The van der Waals surface area contributed by atoms with Gasteiger partial charge in [0.05, 0.1) is 24.1 Å². The fourth-order valence-electron chi connectivity index (χ4n) is 2.41. The highest BCUT2D eigenvalue weighted by molar-refractivity contribution is 6.58. The molecule has 3 heterocycles. The lowest BCUT2D eigenvalue weighted by molar-refractivity contribution is 0.426. The van der Waals surface area contributed by atoms with Gasteiger partial charge in [-0.1, -0.05) is 0 Å². The van der Waals surface area contributed by atoms with Crippen molar-refractivity contribution in [3.05, 3.63) is 53.9 Å². The van der Waals surface area contributed by atoms with E-state index in [0.29, 0.717) is 22.9 Å². The van der Waals surface area contributed by atoms with Gasteiger partial charge in [-0.15, -0.1) is 0 Å². The summed E-state index contributed by atoms with van der Waals surface area (Å²) in [5.74, 6) is 0.0170. The van der Waals surface area contributed by atoms with Crippen LogP contribution in [-0.2, 0) is 0 Å². The summed E-state index contributed by atoms with van der Waals surface area (Å²) in [5, 5.41) is 31.2. The van der Waals surface area contributed by atoms with Crippen LogP contribution in [0, 0.1) is 17.1 Å². The molecule has 0 saturated carbocycles. The van der Waals surface area contributed by atoms with E-state index in [1.54, 1.807) is 10.5 Å². The van der Waals surface area contributed by atoms with E-state index < -0.39 is 12.9 Å². The van der Waals surface area contributed by atoms with E-state index in [1.165, 1.54) is 24.4 Å². The molecule has 0 radical (unpaired) electrons. The molecule has 0 aromatic carbocycles. The smallest absolute Gasteiger partial charge is 0.423 e. The predicted octanol–water partition coefficient (Wildman–Crippen LogP) is 0.593. The fraction of sp³-hybridized carbons (Fsp3) is 0.133. The minimum Gasteiger partial charge on any atom is -0.423 e. The summed E-state index contributed by atoms with van der Waals surface area (Å²) in [5.41, 5.74) is 1.53. The van der Waals surface area contributed by atoms with Crippen LogP contribution in [0.3, 0.4) is 0 Å². The maximum Gasteiger partial charge on any atom is 0.488 e. The Morgan fingerprint density at radius 2 is 2.08 bits per heavy atom. The van der Waals surface area contributed by atoms with Crippen molar-refractivity contribution in [2.24, 2.45) is 0 Å². The summed E-state index contributed by atoms with van der Waals surface area (Å²) in [4.78, 5) is 8.11. The average molecular weight is 325 g/mol. The Morgan fingerprint density at radius 3 is 2.71 bits per heavy atom. The number of hydrogen-bond donors (Lipinski definition) is 3. The summed E-state index contributed by atoms with van der Waals surface area (Å²) >= 11 is 0. The van der Waals surface area contributed by atoms with Crippen LogP contribution < -0.4 is 10.8 Å². The van der Waals surface area contributed by atoms with Gasteiger partial charge in [0.25, 0.3) is 0 Å². The zero-order chi connectivity index (χ0) is 17.3. The largest absolute Gasteiger partial charge is 0.488 e. The van der Waals surface area contributed by atoms with E-state index >= 15 is 0 Å². The normalized spacial score (nSPS) is 12.0. The first-order chi connectivity index (χ1) is 11.5. The highest BCUT2D eigenvalue weighted by atomic mass is 19.1. The third-order valence-electron chi connectivity index (χ3n) is 3.60. The van der Waals surface area contributed by atoms with Crippen LogP contribution in [0.5, 0.6) is 0 Å². The third kappa shape index (κ3) is 2.93. The SMILES string of the molecule is C[C@@H](Nc1cc(B(O)O)cc2ncc(C#N)n12)c1ccc(F)cn1. The second kappa shape index (κ2) is 6.27. The Morgan fingerprint density at radius 1 is 1.29 bits per heavy atom. The van der Waals surface area contributed by atoms with Gasteiger partial charge < -0.3 is 15.4 Å². The standard InChI is InChI=1S/C15H13BFN5O2/c1-9(13-3-2-11(17)7-19-13)21-15-5-10(16(23)24)4-14-20-8-12(6-18)22(14)15/h2-5,7-9,21,23-24H,1H3/t9-/m1/s1. The second-order valence-electron chi connectivity index (χ2n) is 5.26. The molecule has 0 amide bonds. The molecule has 0 unspecified atom stereocenters. The maximum atomic E-state index is 13.0. The molecule has 3 rings (SSSR count). The van der Waals surface area contributed by atoms with Gasteiger partial charge in [0.2, 0.25) is 0 Å². The molecule has 9 heteroatoms. The van der Waals surface area contributed by atoms with Crippen molar-refractivity contribution in [3.8, 4) is 6.07 Å². The number of hydrogen-bond acceptors (Lipinski definition) is 6. The highest BCUT2D eigenvalue weighted by Crippen LogP contribution is 2.20. The summed E-state index contributed by atoms with van der Waals surface area (Å²) in [6, 6.07) is 7.57. The number of pyridine rings is 2. The molecular weight excluding hydrogens is 312 g/mol. The van der Waals surface area contributed by atoms with Gasteiger partial charge in [0, 0.05) is 0 Å². The van der Waals surface area contributed by atoms with Crippen LogP contribution in [0.1, 0.15) is 24.4 Å². The van der Waals surface area contributed by atoms with Gasteiger partial charge in [-0.3, -0.25) is 9.38 Å². The minimum absolute atomic E-state index is 0.236. The third-order valence-corrected chi connectivity index (χ3v) is 3.60. The van der Waals surface area contributed by atoms with Crippen LogP contribution in [0.15, 0.2) is 36.7 Å². The highest BCUT2D eigenvalue weighted by Gasteiger charge is 2.18. The maximum absolute atomic E-state index is 13.0. The summed E-state index contributed by atoms with van der Waals surface area (Å²) < 4.78 is 14.6. The number of rotatable bonds is 4. The van der Waals surface area contributed by atoms with E-state index in [9.17, 15) is 19.7 Å². The molecule has 3 N–H and O–H groups in total. The molecular formula is C15H13BFN5O2. The molecule has 7 nitrogen and oxygen atoms in total. The van der Waals surface area contributed by atoms with Crippen LogP contribution >= 0.6 is 0 Å². The number of aromatic nitrogens is 3. The zero-order valence-corrected chi connectivity index (χ0v) is 12.7. The first kappa shape index (κ1) is 15.9. The molecule has 0 spiro atoms. The van der Waals surface area contributed by atoms with Crippen LogP contribution in [0.2, 0.25) is 0 Å². The molecule has 120 valence electrons. The molecule has 0 aliphatic carbocycles. The van der Waals surface area contributed by atoms with E-state index in [2.05, 4.69) is 15.3 Å². The van der Waals surface area contributed by atoms with Gasteiger partial charge in [0.15, 0.2) is 0 Å². The Bertz CT molecular complexity index is 920. The van der Waals surface area contributed by atoms with E-state index in [0.717, 1.165) is 6.20 Å². The number of nitrogens with zero attached hydrogens (tertiary/aromatic N) is 4. The lowest BCUT2D eigenvalue weighted by atomic mass is 9.81. The Balaban J connectivity index is 2.05. The molecule has 0 bridgehead atoms. The van der Waals surface area contributed by atoms with E-state index in [4.69, 9.17) is 0 Å². The zero-order valence-electron chi connectivity index (χ0n) is 12.7. The summed E-state index contributed by atoms with van der Waals surface area (Å²) in [7, 11) is -1.67. The van der Waals surface area contributed by atoms with Crippen molar-refractivity contribution in [1.29, 1.82) is 5.26 Å². The van der Waals surface area contributed by atoms with Gasteiger partial charge in [0.1, 0.15) is 29.0 Å². The first-order valence-corrected chi connectivity index (χ1v) is 7.15. The second-order valence-corrected chi connectivity index (χ2v) is 5.26. The minimum atomic E-state index is -1.67. The number of anilines is 1. The number of halogens is 1. The Labute approximate surface area is 137 Å². The molecule has 0 aliphatic rings. The van der Waals surface area contributed by atoms with Crippen molar-refractivity contribution in [3.63, 3.8) is 0 Å². The van der Waals surface area contributed by atoms with Gasteiger partial charge in [-0.05, 0) is 36.7 Å². The van der Waals surface area contributed by atoms with Crippen molar-refractivity contribution >= 4 is 24.0 Å². The van der Waals surface area contributed by atoms with E-state index in [-0.39, 0.29) is 11.5 Å². The van der Waals surface area contributed by atoms with Crippen LogP contribution in [-0.4, -0.2) is 31.5 Å². The lowest BCUT2D eigenvalue weighted by Gasteiger charge is -2.17. The van der Waals surface area contributed by atoms with Crippen LogP contribution in [0.25, 0.3) is 5.65 Å².